The zero-order chi connectivity index (χ0) is 15.9. The first-order chi connectivity index (χ1) is 10.8. The summed E-state index contributed by atoms with van der Waals surface area (Å²) >= 11 is 0. The number of anilines is 3. The molecule has 1 N–H and O–H groups in total. The quantitative estimate of drug-likeness (QED) is 0.721. The fourth-order valence-corrected chi connectivity index (χ4v) is 2.55. The van der Waals surface area contributed by atoms with Crippen molar-refractivity contribution in [3.8, 4) is 0 Å². The molecule has 0 atom stereocenters. The van der Waals surface area contributed by atoms with Gasteiger partial charge < -0.3 is 10.2 Å². The number of para-hydroxylation sites is 3. The lowest BCUT2D eigenvalue weighted by Crippen LogP contribution is -2.24. The van der Waals surface area contributed by atoms with Crippen LogP contribution in [0.2, 0.25) is 0 Å². The Bertz CT molecular complexity index is 669. The lowest BCUT2D eigenvalue weighted by Gasteiger charge is -2.34. The summed E-state index contributed by atoms with van der Waals surface area (Å²) in [5.74, 6) is 0. The highest BCUT2D eigenvalue weighted by Gasteiger charge is 2.22. The second-order valence-corrected chi connectivity index (χ2v) is 4.82. The molecule has 0 aliphatic carbocycles. The Morgan fingerprint density at radius 2 is 1.55 bits per heavy atom. The topological polar surface area (TPSA) is 15.3 Å². The summed E-state index contributed by atoms with van der Waals surface area (Å²) in [7, 11) is 0. The number of rotatable bonds is 2. The van der Waals surface area contributed by atoms with Crippen molar-refractivity contribution >= 4 is 17.1 Å². The molecule has 0 radical (unpaired) electrons. The van der Waals surface area contributed by atoms with Crippen molar-refractivity contribution in [3.63, 3.8) is 0 Å². The number of allylic oxidation sites excluding steroid dienone is 3. The molecule has 0 unspecified atom stereocenters. The van der Waals surface area contributed by atoms with E-state index < -0.39 is 0 Å². The monoisotopic (exact) mass is 292 g/mol. The summed E-state index contributed by atoms with van der Waals surface area (Å²) < 4.78 is 0. The summed E-state index contributed by atoms with van der Waals surface area (Å²) in [6.45, 7) is 8.16. The fraction of sp³-hybridized carbons (Fsp3) is 0.200. The van der Waals surface area contributed by atoms with Crippen LogP contribution < -0.4 is 10.2 Å². The van der Waals surface area contributed by atoms with E-state index in [1.807, 2.05) is 26.8 Å². The predicted octanol–water partition coefficient (Wildman–Crippen LogP) is 6.08. The molecule has 2 aromatic rings. The zero-order valence-electron chi connectivity index (χ0n) is 13.8. The van der Waals surface area contributed by atoms with E-state index in [2.05, 4.69) is 77.8 Å². The van der Waals surface area contributed by atoms with Gasteiger partial charge in [-0.05, 0) is 44.2 Å². The average molecular weight is 292 g/mol. The fourth-order valence-electron chi connectivity index (χ4n) is 2.55. The van der Waals surface area contributed by atoms with Crippen molar-refractivity contribution in [2.24, 2.45) is 0 Å². The highest BCUT2D eigenvalue weighted by Crippen LogP contribution is 2.40. The van der Waals surface area contributed by atoms with E-state index in [-0.39, 0.29) is 0 Å². The van der Waals surface area contributed by atoms with Gasteiger partial charge in [0.2, 0.25) is 0 Å². The standard InChI is InChI=1S/C18H18N2.C2H6/c1-3-9-17-14(2)19-16-12-7-8-13-18(16)20(17)15-10-5-4-6-11-15;1-2/h3-13,19H,1-2H3;1-2H3/b9-3-;. The Balaban J connectivity index is 0.000000847. The lowest BCUT2D eigenvalue weighted by molar-refractivity contribution is 1.12. The third-order valence-corrected chi connectivity index (χ3v) is 3.43. The van der Waals surface area contributed by atoms with Crippen LogP contribution in [0, 0.1) is 0 Å². The number of fused-ring (bicyclic) bond motifs is 1. The summed E-state index contributed by atoms with van der Waals surface area (Å²) in [5.41, 5.74) is 5.83. The van der Waals surface area contributed by atoms with Gasteiger partial charge in [-0.3, -0.25) is 0 Å². The number of benzene rings is 2. The molecule has 22 heavy (non-hydrogen) atoms. The van der Waals surface area contributed by atoms with Gasteiger partial charge >= 0.3 is 0 Å². The number of hydrogen-bond donors (Lipinski definition) is 1. The van der Waals surface area contributed by atoms with Crippen LogP contribution in [0.25, 0.3) is 0 Å². The highest BCUT2D eigenvalue weighted by atomic mass is 15.2. The molecule has 0 spiro atoms. The van der Waals surface area contributed by atoms with Gasteiger partial charge in [0.25, 0.3) is 0 Å². The molecule has 1 aliphatic rings. The van der Waals surface area contributed by atoms with Gasteiger partial charge in [-0.1, -0.05) is 50.3 Å². The third-order valence-electron chi connectivity index (χ3n) is 3.43. The molecule has 0 amide bonds. The first-order valence-electron chi connectivity index (χ1n) is 7.86. The van der Waals surface area contributed by atoms with Crippen LogP contribution in [0.15, 0.2) is 78.1 Å². The second kappa shape index (κ2) is 7.51. The molecule has 0 aromatic heterocycles. The van der Waals surface area contributed by atoms with Crippen LogP contribution in [0.1, 0.15) is 27.7 Å². The van der Waals surface area contributed by atoms with Crippen molar-refractivity contribution in [2.45, 2.75) is 27.7 Å². The van der Waals surface area contributed by atoms with E-state index >= 15 is 0 Å². The van der Waals surface area contributed by atoms with Gasteiger partial charge in [-0.15, -0.1) is 0 Å². The minimum Gasteiger partial charge on any atom is -0.356 e. The maximum Gasteiger partial charge on any atom is 0.0697 e. The van der Waals surface area contributed by atoms with Crippen LogP contribution in [0.3, 0.4) is 0 Å². The summed E-state index contributed by atoms with van der Waals surface area (Å²) in [5, 5.41) is 3.48. The highest BCUT2D eigenvalue weighted by molar-refractivity contribution is 5.84. The molecule has 2 nitrogen and oxygen atoms in total. The molecule has 0 fully saturated rings. The molecule has 0 bridgehead atoms. The molecule has 1 heterocycles. The van der Waals surface area contributed by atoms with Crippen molar-refractivity contribution in [2.75, 3.05) is 10.2 Å². The molecular formula is C20H24N2. The maximum atomic E-state index is 3.48. The normalized spacial score (nSPS) is 13.4. The molecule has 3 rings (SSSR count). The summed E-state index contributed by atoms with van der Waals surface area (Å²) in [6, 6.07) is 18.9. The van der Waals surface area contributed by atoms with Gasteiger partial charge in [-0.2, -0.15) is 0 Å². The number of nitrogens with one attached hydrogen (secondary N) is 1. The van der Waals surface area contributed by atoms with Crippen LogP contribution >= 0.6 is 0 Å². The van der Waals surface area contributed by atoms with Gasteiger partial charge in [0.1, 0.15) is 0 Å². The van der Waals surface area contributed by atoms with E-state index in [9.17, 15) is 0 Å². The SMILES string of the molecule is C/C=C\C1=C(C)Nc2ccccc2N1c1ccccc1.CC. The van der Waals surface area contributed by atoms with Crippen LogP contribution in [0.5, 0.6) is 0 Å². The molecule has 2 heteroatoms. The van der Waals surface area contributed by atoms with Gasteiger partial charge in [-0.25, -0.2) is 0 Å². The van der Waals surface area contributed by atoms with E-state index in [1.54, 1.807) is 0 Å². The summed E-state index contributed by atoms with van der Waals surface area (Å²) in [6.07, 6.45) is 4.22. The van der Waals surface area contributed by atoms with Crippen molar-refractivity contribution in [1.29, 1.82) is 0 Å². The molecular weight excluding hydrogens is 268 g/mol. The first kappa shape index (κ1) is 15.9. The van der Waals surface area contributed by atoms with E-state index in [4.69, 9.17) is 0 Å². The van der Waals surface area contributed by atoms with E-state index in [1.165, 1.54) is 17.1 Å². The van der Waals surface area contributed by atoms with E-state index in [0.29, 0.717) is 0 Å². The predicted molar refractivity (Wildman–Crippen MR) is 97.5 cm³/mol. The Morgan fingerprint density at radius 3 is 2.23 bits per heavy atom. The Labute approximate surface area is 133 Å². The molecule has 0 saturated heterocycles. The zero-order valence-corrected chi connectivity index (χ0v) is 13.8. The van der Waals surface area contributed by atoms with Crippen molar-refractivity contribution < 1.29 is 0 Å². The summed E-state index contributed by atoms with van der Waals surface area (Å²) in [4.78, 5) is 2.29. The molecule has 0 saturated carbocycles. The lowest BCUT2D eigenvalue weighted by atomic mass is 10.1. The third kappa shape index (κ3) is 3.06. The second-order valence-electron chi connectivity index (χ2n) is 4.82. The van der Waals surface area contributed by atoms with Crippen LogP contribution in [-0.4, -0.2) is 0 Å². The first-order valence-corrected chi connectivity index (χ1v) is 7.86. The molecule has 2 aromatic carbocycles. The van der Waals surface area contributed by atoms with Crippen molar-refractivity contribution in [3.05, 3.63) is 78.1 Å². The maximum absolute atomic E-state index is 3.48. The molecule has 1 aliphatic heterocycles. The van der Waals surface area contributed by atoms with Gasteiger partial charge in [0, 0.05) is 11.4 Å². The van der Waals surface area contributed by atoms with Gasteiger partial charge in [0.15, 0.2) is 0 Å². The number of nitrogens with zero attached hydrogens (tertiary/aromatic N) is 1. The average Bonchev–Trinajstić information content (AvgIpc) is 2.58. The minimum atomic E-state index is 1.14. The van der Waals surface area contributed by atoms with Gasteiger partial charge in [0.05, 0.1) is 17.1 Å². The minimum absolute atomic E-state index is 1.14. The van der Waals surface area contributed by atoms with Crippen molar-refractivity contribution in [1.82, 2.24) is 0 Å². The Morgan fingerprint density at radius 1 is 0.909 bits per heavy atom. The van der Waals surface area contributed by atoms with Crippen LogP contribution in [-0.2, 0) is 0 Å². The Hall–Kier alpha value is -2.48. The van der Waals surface area contributed by atoms with E-state index in [0.717, 1.165) is 11.4 Å². The smallest absolute Gasteiger partial charge is 0.0697 e. The molecule has 114 valence electrons. The largest absolute Gasteiger partial charge is 0.356 e. The Kier molecular flexibility index (Phi) is 5.42. The van der Waals surface area contributed by atoms with Crippen LogP contribution in [0.4, 0.5) is 17.1 Å². The number of hydrogen-bond acceptors (Lipinski definition) is 2.